The fourth-order valence-corrected chi connectivity index (χ4v) is 2.99. The van der Waals surface area contributed by atoms with Crippen LogP contribution in [-0.2, 0) is 0 Å². The van der Waals surface area contributed by atoms with Gasteiger partial charge in [-0.05, 0) is 43.9 Å². The van der Waals surface area contributed by atoms with Crippen LogP contribution >= 0.6 is 0 Å². The fraction of sp³-hybridized carbons (Fsp3) is 1.00. The third-order valence-corrected chi connectivity index (χ3v) is 4.51. The van der Waals surface area contributed by atoms with E-state index in [1.165, 1.54) is 0 Å². The Balaban J connectivity index is 2.38. The molecule has 1 N–H and O–H groups in total. The molecule has 1 fully saturated rings. The van der Waals surface area contributed by atoms with Crippen LogP contribution in [0.5, 0.6) is 0 Å². The van der Waals surface area contributed by atoms with E-state index in [0.717, 1.165) is 19.3 Å². The summed E-state index contributed by atoms with van der Waals surface area (Å²) in [4.78, 5) is 0. The number of halogens is 3. The molecule has 108 valence electrons. The van der Waals surface area contributed by atoms with E-state index < -0.39 is 18.2 Å². The maximum Gasteiger partial charge on any atom is 0.391 e. The van der Waals surface area contributed by atoms with Crippen LogP contribution in [0.15, 0.2) is 0 Å². The molecule has 1 atom stereocenters. The van der Waals surface area contributed by atoms with Gasteiger partial charge in [0, 0.05) is 0 Å². The van der Waals surface area contributed by atoms with Crippen LogP contribution < -0.4 is 0 Å². The summed E-state index contributed by atoms with van der Waals surface area (Å²) in [6, 6.07) is 0. The van der Waals surface area contributed by atoms with E-state index in [0.29, 0.717) is 18.8 Å². The molecular weight excluding hydrogens is 241 g/mol. The zero-order valence-corrected chi connectivity index (χ0v) is 11.3. The molecule has 0 aliphatic heterocycles. The topological polar surface area (TPSA) is 20.2 Å². The molecule has 1 unspecified atom stereocenters. The van der Waals surface area contributed by atoms with Crippen molar-refractivity contribution in [3.8, 4) is 0 Å². The molecule has 1 nitrogen and oxygen atoms in total. The molecule has 0 spiro atoms. The normalized spacial score (nSPS) is 27.5. The highest BCUT2D eigenvalue weighted by Crippen LogP contribution is 2.41. The molecule has 0 aromatic rings. The van der Waals surface area contributed by atoms with E-state index >= 15 is 0 Å². The summed E-state index contributed by atoms with van der Waals surface area (Å²) >= 11 is 0. The second-order valence-electron chi connectivity index (χ2n) is 5.64. The van der Waals surface area contributed by atoms with Gasteiger partial charge < -0.3 is 5.11 Å². The van der Waals surface area contributed by atoms with Crippen molar-refractivity contribution in [3.63, 3.8) is 0 Å². The smallest absolute Gasteiger partial charge is 0.391 e. The Morgan fingerprint density at radius 3 is 1.94 bits per heavy atom. The lowest BCUT2D eigenvalue weighted by Crippen LogP contribution is -2.32. The summed E-state index contributed by atoms with van der Waals surface area (Å²) in [5, 5.41) is 10.1. The lowest BCUT2D eigenvalue weighted by molar-refractivity contribution is -0.186. The average molecular weight is 266 g/mol. The maximum atomic E-state index is 12.5. The van der Waals surface area contributed by atoms with Gasteiger partial charge in [-0.2, -0.15) is 13.2 Å². The van der Waals surface area contributed by atoms with Crippen LogP contribution in [0.1, 0.15) is 58.8 Å². The van der Waals surface area contributed by atoms with Crippen molar-refractivity contribution in [3.05, 3.63) is 0 Å². The van der Waals surface area contributed by atoms with E-state index in [4.69, 9.17) is 0 Å². The number of aliphatic hydroxyl groups excluding tert-OH is 1. The number of alkyl halides is 3. The minimum Gasteiger partial charge on any atom is -0.393 e. The second kappa shape index (κ2) is 6.78. The molecular formula is C14H25F3O. The monoisotopic (exact) mass is 266 g/mol. The molecule has 1 saturated carbocycles. The van der Waals surface area contributed by atoms with E-state index in [1.54, 1.807) is 0 Å². The number of aliphatic hydroxyl groups is 1. The van der Waals surface area contributed by atoms with Crippen molar-refractivity contribution in [2.24, 2.45) is 17.8 Å². The molecule has 0 amide bonds. The van der Waals surface area contributed by atoms with Gasteiger partial charge in [0.2, 0.25) is 0 Å². The first kappa shape index (κ1) is 15.8. The quantitative estimate of drug-likeness (QED) is 0.774. The molecule has 0 saturated heterocycles. The average Bonchev–Trinajstić information content (AvgIpc) is 2.34. The van der Waals surface area contributed by atoms with Crippen molar-refractivity contribution in [1.29, 1.82) is 0 Å². The molecule has 4 heteroatoms. The molecule has 18 heavy (non-hydrogen) atoms. The van der Waals surface area contributed by atoms with Gasteiger partial charge in [0.15, 0.2) is 0 Å². The number of hydrogen-bond acceptors (Lipinski definition) is 1. The SMILES string of the molecule is CCC(CC)CC(O)C1CCC(C(F)(F)F)CC1. The predicted molar refractivity (Wildman–Crippen MR) is 66.2 cm³/mol. The van der Waals surface area contributed by atoms with Crippen molar-refractivity contribution < 1.29 is 18.3 Å². The minimum atomic E-state index is -4.05. The summed E-state index contributed by atoms with van der Waals surface area (Å²) in [6.45, 7) is 4.20. The zero-order valence-electron chi connectivity index (χ0n) is 11.3. The van der Waals surface area contributed by atoms with E-state index in [-0.39, 0.29) is 18.8 Å². The largest absolute Gasteiger partial charge is 0.393 e. The Hall–Kier alpha value is -0.250. The van der Waals surface area contributed by atoms with Crippen LogP contribution in [0, 0.1) is 17.8 Å². The third kappa shape index (κ3) is 4.45. The highest BCUT2D eigenvalue weighted by molar-refractivity contribution is 4.81. The lowest BCUT2D eigenvalue weighted by atomic mass is 9.77. The van der Waals surface area contributed by atoms with Gasteiger partial charge in [0.1, 0.15) is 0 Å². The Kier molecular flexibility index (Phi) is 5.96. The third-order valence-electron chi connectivity index (χ3n) is 4.51. The summed E-state index contributed by atoms with van der Waals surface area (Å²) < 4.78 is 37.6. The molecule has 0 radical (unpaired) electrons. The standard InChI is InChI=1S/C14H25F3O/c1-3-10(4-2)9-13(18)11-5-7-12(8-6-11)14(15,16)17/h10-13,18H,3-9H2,1-2H3. The molecule has 1 aliphatic carbocycles. The molecule has 0 aromatic heterocycles. The molecule has 0 heterocycles. The second-order valence-corrected chi connectivity index (χ2v) is 5.64. The van der Waals surface area contributed by atoms with Crippen LogP contribution in [-0.4, -0.2) is 17.4 Å². The molecule has 0 bridgehead atoms. The Morgan fingerprint density at radius 2 is 1.56 bits per heavy atom. The maximum absolute atomic E-state index is 12.5. The van der Waals surface area contributed by atoms with E-state index in [1.807, 2.05) is 0 Å². The van der Waals surface area contributed by atoms with Crippen molar-refractivity contribution in [2.75, 3.05) is 0 Å². The molecule has 1 rings (SSSR count). The Labute approximate surface area is 108 Å². The van der Waals surface area contributed by atoms with E-state index in [2.05, 4.69) is 13.8 Å². The van der Waals surface area contributed by atoms with Gasteiger partial charge in [0.25, 0.3) is 0 Å². The first-order valence-corrected chi connectivity index (χ1v) is 7.13. The predicted octanol–water partition coefficient (Wildman–Crippen LogP) is 4.54. The highest BCUT2D eigenvalue weighted by atomic mass is 19.4. The summed E-state index contributed by atoms with van der Waals surface area (Å²) in [7, 11) is 0. The van der Waals surface area contributed by atoms with Crippen LogP contribution in [0.4, 0.5) is 13.2 Å². The van der Waals surface area contributed by atoms with Crippen molar-refractivity contribution in [2.45, 2.75) is 71.1 Å². The van der Waals surface area contributed by atoms with Gasteiger partial charge in [-0.15, -0.1) is 0 Å². The van der Waals surface area contributed by atoms with Gasteiger partial charge in [0.05, 0.1) is 12.0 Å². The summed E-state index contributed by atoms with van der Waals surface area (Å²) in [6.07, 6.45) is -0.236. The van der Waals surface area contributed by atoms with Gasteiger partial charge in [-0.1, -0.05) is 26.7 Å². The first-order chi connectivity index (χ1) is 8.38. The van der Waals surface area contributed by atoms with Crippen LogP contribution in [0.2, 0.25) is 0 Å². The molecule has 1 aliphatic rings. The van der Waals surface area contributed by atoms with Crippen molar-refractivity contribution >= 4 is 0 Å². The minimum absolute atomic E-state index is 0.0733. The van der Waals surface area contributed by atoms with Crippen LogP contribution in [0.25, 0.3) is 0 Å². The van der Waals surface area contributed by atoms with Gasteiger partial charge in [-0.3, -0.25) is 0 Å². The Bertz CT molecular complexity index is 228. The number of hydrogen-bond donors (Lipinski definition) is 1. The first-order valence-electron chi connectivity index (χ1n) is 7.13. The van der Waals surface area contributed by atoms with Crippen LogP contribution in [0.3, 0.4) is 0 Å². The summed E-state index contributed by atoms with van der Waals surface area (Å²) in [5.74, 6) is -0.571. The van der Waals surface area contributed by atoms with Crippen molar-refractivity contribution in [1.82, 2.24) is 0 Å². The fourth-order valence-electron chi connectivity index (χ4n) is 2.99. The van der Waals surface area contributed by atoms with E-state index in [9.17, 15) is 18.3 Å². The number of rotatable bonds is 5. The molecule has 0 aromatic carbocycles. The highest BCUT2D eigenvalue weighted by Gasteiger charge is 2.42. The van der Waals surface area contributed by atoms with Gasteiger partial charge in [-0.25, -0.2) is 0 Å². The summed E-state index contributed by atoms with van der Waals surface area (Å²) in [5.41, 5.74) is 0. The lowest BCUT2D eigenvalue weighted by Gasteiger charge is -2.33. The van der Waals surface area contributed by atoms with Gasteiger partial charge >= 0.3 is 6.18 Å². The zero-order chi connectivity index (χ0) is 13.8. The Morgan fingerprint density at radius 1 is 1.06 bits per heavy atom.